The van der Waals surface area contributed by atoms with E-state index in [2.05, 4.69) is 24.1 Å². The molecule has 1 aromatic heterocycles. The Bertz CT molecular complexity index is 1020. The zero-order chi connectivity index (χ0) is 19.4. The fourth-order valence-electron chi connectivity index (χ4n) is 3.01. The SMILES string of the molecule is CC(C)CC=CC(=O)Nc1cccc(-c2ccc(C(N)=O)c3[nH]ccc23)c1. The Morgan fingerprint density at radius 3 is 2.74 bits per heavy atom. The van der Waals surface area contributed by atoms with Crippen molar-refractivity contribution in [3.8, 4) is 11.1 Å². The van der Waals surface area contributed by atoms with Crippen LogP contribution >= 0.6 is 0 Å². The molecule has 0 bridgehead atoms. The molecule has 2 amide bonds. The zero-order valence-electron chi connectivity index (χ0n) is 15.5. The Labute approximate surface area is 158 Å². The fourth-order valence-corrected chi connectivity index (χ4v) is 3.01. The lowest BCUT2D eigenvalue weighted by Crippen LogP contribution is -2.11. The zero-order valence-corrected chi connectivity index (χ0v) is 15.5. The first-order valence-corrected chi connectivity index (χ1v) is 8.93. The Morgan fingerprint density at radius 1 is 1.19 bits per heavy atom. The van der Waals surface area contributed by atoms with Gasteiger partial charge in [-0.15, -0.1) is 0 Å². The summed E-state index contributed by atoms with van der Waals surface area (Å²) in [7, 11) is 0. The van der Waals surface area contributed by atoms with Crippen LogP contribution in [-0.4, -0.2) is 16.8 Å². The van der Waals surface area contributed by atoms with Crippen molar-refractivity contribution in [2.45, 2.75) is 20.3 Å². The summed E-state index contributed by atoms with van der Waals surface area (Å²) < 4.78 is 0. The number of amides is 2. The van der Waals surface area contributed by atoms with Gasteiger partial charge in [0, 0.05) is 17.3 Å². The van der Waals surface area contributed by atoms with E-state index in [1.165, 1.54) is 0 Å². The summed E-state index contributed by atoms with van der Waals surface area (Å²) in [4.78, 5) is 26.8. The molecule has 0 aliphatic rings. The molecule has 5 heteroatoms. The summed E-state index contributed by atoms with van der Waals surface area (Å²) in [6.07, 6.45) is 6.10. The summed E-state index contributed by atoms with van der Waals surface area (Å²) in [5, 5.41) is 3.80. The molecule has 1 heterocycles. The van der Waals surface area contributed by atoms with Crippen LogP contribution < -0.4 is 11.1 Å². The van der Waals surface area contributed by atoms with Gasteiger partial charge in [0.05, 0.1) is 11.1 Å². The number of aromatic nitrogens is 1. The second kappa shape index (κ2) is 7.91. The van der Waals surface area contributed by atoms with Gasteiger partial charge in [-0.2, -0.15) is 0 Å². The molecule has 0 aliphatic carbocycles. The highest BCUT2D eigenvalue weighted by Crippen LogP contribution is 2.31. The highest BCUT2D eigenvalue weighted by molar-refractivity contribution is 6.09. The van der Waals surface area contributed by atoms with Crippen LogP contribution in [-0.2, 0) is 4.79 Å². The van der Waals surface area contributed by atoms with Crippen LogP contribution in [0.1, 0.15) is 30.6 Å². The number of allylic oxidation sites excluding steroid dienone is 1. The quantitative estimate of drug-likeness (QED) is 0.565. The molecule has 5 nitrogen and oxygen atoms in total. The molecular weight excluding hydrogens is 338 g/mol. The number of aromatic amines is 1. The van der Waals surface area contributed by atoms with Gasteiger partial charge in [0.25, 0.3) is 5.91 Å². The third-order valence-electron chi connectivity index (χ3n) is 4.31. The first-order chi connectivity index (χ1) is 13.0. The Morgan fingerprint density at radius 2 is 2.00 bits per heavy atom. The second-order valence-electron chi connectivity index (χ2n) is 6.89. The number of fused-ring (bicyclic) bond motifs is 1. The molecule has 0 unspecified atom stereocenters. The molecular formula is C22H23N3O2. The van der Waals surface area contributed by atoms with Gasteiger partial charge in [0.2, 0.25) is 5.91 Å². The number of carbonyl (C=O) groups is 2. The van der Waals surface area contributed by atoms with Gasteiger partial charge < -0.3 is 16.0 Å². The maximum absolute atomic E-state index is 12.1. The van der Waals surface area contributed by atoms with Crippen LogP contribution in [0.25, 0.3) is 22.0 Å². The summed E-state index contributed by atoms with van der Waals surface area (Å²) in [5.74, 6) is -0.101. The normalized spacial score (nSPS) is 11.4. The van der Waals surface area contributed by atoms with Crippen molar-refractivity contribution >= 4 is 28.4 Å². The molecule has 0 radical (unpaired) electrons. The number of primary amides is 1. The van der Waals surface area contributed by atoms with E-state index in [-0.39, 0.29) is 5.91 Å². The van der Waals surface area contributed by atoms with E-state index in [0.717, 1.165) is 28.6 Å². The number of carbonyl (C=O) groups excluding carboxylic acids is 2. The van der Waals surface area contributed by atoms with Crippen LogP contribution in [0.4, 0.5) is 5.69 Å². The molecule has 2 aromatic carbocycles. The van der Waals surface area contributed by atoms with Crippen molar-refractivity contribution < 1.29 is 9.59 Å². The lowest BCUT2D eigenvalue weighted by molar-refractivity contribution is -0.111. The summed E-state index contributed by atoms with van der Waals surface area (Å²) in [6, 6.07) is 13.1. The summed E-state index contributed by atoms with van der Waals surface area (Å²) in [6.45, 7) is 4.22. The average molecular weight is 361 g/mol. The number of hydrogen-bond acceptors (Lipinski definition) is 2. The summed E-state index contributed by atoms with van der Waals surface area (Å²) in [5.41, 5.74) is 9.25. The van der Waals surface area contributed by atoms with Gasteiger partial charge >= 0.3 is 0 Å². The van der Waals surface area contributed by atoms with Gasteiger partial charge in [0.15, 0.2) is 0 Å². The van der Waals surface area contributed by atoms with Crippen LogP contribution in [0, 0.1) is 5.92 Å². The molecule has 0 fully saturated rings. The lowest BCUT2D eigenvalue weighted by Gasteiger charge is -2.09. The molecule has 0 saturated carbocycles. The van der Waals surface area contributed by atoms with Gasteiger partial charge in [0.1, 0.15) is 0 Å². The number of hydrogen-bond donors (Lipinski definition) is 3. The van der Waals surface area contributed by atoms with Gasteiger partial charge in [-0.25, -0.2) is 0 Å². The fraction of sp³-hybridized carbons (Fsp3) is 0.182. The molecule has 0 aliphatic heterocycles. The maximum atomic E-state index is 12.1. The van der Waals surface area contributed by atoms with Crippen molar-refractivity contribution in [2.24, 2.45) is 11.7 Å². The molecule has 4 N–H and O–H groups in total. The van der Waals surface area contributed by atoms with E-state index >= 15 is 0 Å². The topological polar surface area (TPSA) is 88.0 Å². The first kappa shape index (κ1) is 18.5. The van der Waals surface area contributed by atoms with Gasteiger partial charge in [-0.05, 0) is 53.8 Å². The highest BCUT2D eigenvalue weighted by atomic mass is 16.1. The molecule has 138 valence electrons. The first-order valence-electron chi connectivity index (χ1n) is 8.93. The number of rotatable bonds is 6. The van der Waals surface area contributed by atoms with Crippen molar-refractivity contribution in [3.05, 3.63) is 66.4 Å². The average Bonchev–Trinajstić information content (AvgIpc) is 3.10. The lowest BCUT2D eigenvalue weighted by atomic mass is 9.98. The van der Waals surface area contributed by atoms with Crippen molar-refractivity contribution in [3.63, 3.8) is 0 Å². The minimum Gasteiger partial charge on any atom is -0.366 e. The predicted octanol–water partition coefficient (Wildman–Crippen LogP) is 4.47. The number of benzene rings is 2. The molecule has 0 spiro atoms. The molecule has 0 saturated heterocycles. The van der Waals surface area contributed by atoms with Crippen molar-refractivity contribution in [2.75, 3.05) is 5.32 Å². The number of nitrogens with two attached hydrogens (primary N) is 1. The monoisotopic (exact) mass is 361 g/mol. The van der Waals surface area contributed by atoms with Gasteiger partial charge in [-0.1, -0.05) is 38.1 Å². The van der Waals surface area contributed by atoms with E-state index in [1.807, 2.05) is 42.5 Å². The largest absolute Gasteiger partial charge is 0.366 e. The standard InChI is InChI=1S/C22H23N3O2/c1-14(2)5-3-8-20(26)25-16-7-4-6-15(13-16)17-9-10-19(22(23)27)21-18(17)11-12-24-21/h3-4,6-14,24H,5H2,1-2H3,(H2,23,27)(H,25,26). The third-order valence-corrected chi connectivity index (χ3v) is 4.31. The van der Waals surface area contributed by atoms with E-state index in [1.54, 1.807) is 18.3 Å². The molecule has 3 rings (SSSR count). The Kier molecular flexibility index (Phi) is 5.41. The number of anilines is 1. The van der Waals surface area contributed by atoms with E-state index in [4.69, 9.17) is 5.73 Å². The Hall–Kier alpha value is -3.34. The van der Waals surface area contributed by atoms with Crippen LogP contribution in [0.15, 0.2) is 60.8 Å². The Balaban J connectivity index is 1.88. The smallest absolute Gasteiger partial charge is 0.250 e. The second-order valence-corrected chi connectivity index (χ2v) is 6.89. The number of H-pyrrole nitrogens is 1. The highest BCUT2D eigenvalue weighted by Gasteiger charge is 2.12. The third kappa shape index (κ3) is 4.26. The van der Waals surface area contributed by atoms with Crippen molar-refractivity contribution in [1.29, 1.82) is 0 Å². The van der Waals surface area contributed by atoms with Crippen LogP contribution in [0.3, 0.4) is 0 Å². The minimum absolute atomic E-state index is 0.149. The number of nitrogens with one attached hydrogen (secondary N) is 2. The van der Waals surface area contributed by atoms with E-state index in [0.29, 0.717) is 17.0 Å². The van der Waals surface area contributed by atoms with Crippen LogP contribution in [0.5, 0.6) is 0 Å². The molecule has 0 atom stereocenters. The molecule has 27 heavy (non-hydrogen) atoms. The van der Waals surface area contributed by atoms with Gasteiger partial charge in [-0.3, -0.25) is 9.59 Å². The minimum atomic E-state index is -0.469. The summed E-state index contributed by atoms with van der Waals surface area (Å²) >= 11 is 0. The van der Waals surface area contributed by atoms with Crippen LogP contribution in [0.2, 0.25) is 0 Å². The van der Waals surface area contributed by atoms with Crippen molar-refractivity contribution in [1.82, 2.24) is 4.98 Å². The predicted molar refractivity (Wildman–Crippen MR) is 109 cm³/mol. The molecule has 3 aromatic rings. The van der Waals surface area contributed by atoms with E-state index in [9.17, 15) is 9.59 Å². The maximum Gasteiger partial charge on any atom is 0.250 e. The van der Waals surface area contributed by atoms with E-state index < -0.39 is 5.91 Å².